The summed E-state index contributed by atoms with van der Waals surface area (Å²) in [6.45, 7) is 13.7. The molecule has 4 rings (SSSR count). The third kappa shape index (κ3) is 7.75. The molecule has 0 radical (unpaired) electrons. The van der Waals surface area contributed by atoms with Gasteiger partial charge in [0.05, 0.1) is 17.7 Å². The molecule has 7 nitrogen and oxygen atoms in total. The molecular weight excluding hydrogens is 530 g/mol. The van der Waals surface area contributed by atoms with Crippen LogP contribution in [0.3, 0.4) is 0 Å². The molecule has 1 fully saturated rings. The summed E-state index contributed by atoms with van der Waals surface area (Å²) >= 11 is 0. The molecule has 0 atom stereocenters. The van der Waals surface area contributed by atoms with Crippen LogP contribution in [0.25, 0.3) is 22.8 Å². The number of pyridine rings is 1. The molecule has 0 N–H and O–H groups in total. The van der Waals surface area contributed by atoms with Crippen LogP contribution >= 0.6 is 0 Å². The molecule has 0 amide bonds. The molecule has 1 aromatic carbocycles. The van der Waals surface area contributed by atoms with E-state index in [-0.39, 0.29) is 31.4 Å². The number of carbonyl (C=O) groups is 1. The lowest BCUT2D eigenvalue weighted by atomic mass is 10.0. The lowest BCUT2D eigenvalue weighted by Gasteiger charge is -2.19. The molecule has 0 bridgehead atoms. The number of aromatic nitrogens is 3. The maximum Gasteiger partial charge on any atom is 0.306 e. The molecule has 0 unspecified atom stereocenters. The zero-order valence-electron chi connectivity index (χ0n) is 24.2. The number of carbonyl (C=O) groups excluding carboxylic acids is 1. The highest BCUT2D eigenvalue weighted by Gasteiger charge is 2.39. The molecule has 1 aliphatic rings. The van der Waals surface area contributed by atoms with E-state index in [1.807, 2.05) is 45.9 Å². The maximum absolute atomic E-state index is 13.9. The Morgan fingerprint density at radius 1 is 1.23 bits per heavy atom. The molecule has 2 aromatic heterocycles. The molecule has 3 heterocycles. The van der Waals surface area contributed by atoms with Crippen molar-refractivity contribution >= 4 is 19.9 Å². The van der Waals surface area contributed by atoms with Crippen LogP contribution < -0.4 is 4.90 Å². The quantitative estimate of drug-likeness (QED) is 0.193. The van der Waals surface area contributed by atoms with E-state index >= 15 is 0 Å². The number of hydrogen-bond acceptors (Lipinski definition) is 7. The summed E-state index contributed by atoms with van der Waals surface area (Å²) in [6.07, 6.45) is 2.22. The first kappa shape index (κ1) is 29.4. The molecule has 1 saturated heterocycles. The summed E-state index contributed by atoms with van der Waals surface area (Å²) in [4.78, 5) is 22.8. The van der Waals surface area contributed by atoms with Crippen LogP contribution in [-0.2, 0) is 16.0 Å². The fourth-order valence-corrected chi connectivity index (χ4v) is 4.82. The number of alkyl halides is 2. The Morgan fingerprint density at radius 2 is 1.98 bits per heavy atom. The molecule has 10 heteroatoms. The van der Waals surface area contributed by atoms with Gasteiger partial charge >= 0.3 is 5.97 Å². The van der Waals surface area contributed by atoms with Crippen molar-refractivity contribution in [2.75, 3.05) is 18.0 Å². The van der Waals surface area contributed by atoms with Crippen LogP contribution in [0.5, 0.6) is 0 Å². The van der Waals surface area contributed by atoms with Gasteiger partial charge in [0, 0.05) is 31.1 Å². The van der Waals surface area contributed by atoms with Crippen LogP contribution in [0, 0.1) is 18.4 Å². The summed E-state index contributed by atoms with van der Waals surface area (Å²) < 4.78 is 38.8. The average Bonchev–Trinajstić information content (AvgIpc) is 3.46. The van der Waals surface area contributed by atoms with Crippen molar-refractivity contribution in [3.63, 3.8) is 0 Å². The number of halogens is 2. The van der Waals surface area contributed by atoms with Gasteiger partial charge in [0.2, 0.25) is 5.82 Å². The largest absolute Gasteiger partial charge is 0.460 e. The SMILES string of the molecule is Cc1cc(CCC(=O)OC(C)(C)C)ccc1-c1noc(-c2cnc(N3CCC(F)(F)C3)c(C#C[Si](C)(C)C)c2)n1. The minimum absolute atomic E-state index is 0.205. The van der Waals surface area contributed by atoms with Crippen molar-refractivity contribution in [3.8, 4) is 34.3 Å². The predicted octanol–water partition coefficient (Wildman–Crippen LogP) is 6.46. The van der Waals surface area contributed by atoms with Gasteiger partial charge in [-0.3, -0.25) is 4.79 Å². The smallest absolute Gasteiger partial charge is 0.306 e. The van der Waals surface area contributed by atoms with Crippen molar-refractivity contribution in [1.82, 2.24) is 15.1 Å². The highest BCUT2D eigenvalue weighted by molar-refractivity contribution is 6.83. The van der Waals surface area contributed by atoms with Gasteiger partial charge in [-0.15, -0.1) is 5.54 Å². The normalized spacial score (nSPS) is 15.1. The van der Waals surface area contributed by atoms with E-state index in [9.17, 15) is 13.6 Å². The van der Waals surface area contributed by atoms with Crippen molar-refractivity contribution in [1.29, 1.82) is 0 Å². The highest BCUT2D eigenvalue weighted by atomic mass is 28.3. The number of aryl methyl sites for hydroxylation is 2. The number of esters is 1. The van der Waals surface area contributed by atoms with Crippen LogP contribution in [0.2, 0.25) is 19.6 Å². The van der Waals surface area contributed by atoms with Gasteiger partial charge < -0.3 is 14.2 Å². The average molecular weight is 567 g/mol. The standard InChI is InChI=1S/C30H36F2N4O3Si/c1-20-16-21(9-11-25(37)38-29(2,3)4)8-10-24(20)26-34-28(39-35-26)23-17-22(12-15-40(5,6)7)27(33-18-23)36-14-13-30(31,32)19-36/h8,10,16-18H,9,11,13-14,19H2,1-7H3. The van der Waals surface area contributed by atoms with Gasteiger partial charge in [-0.25, -0.2) is 13.8 Å². The fourth-order valence-electron chi connectivity index (χ4n) is 4.31. The van der Waals surface area contributed by atoms with Crippen LogP contribution in [0.15, 0.2) is 35.0 Å². The number of anilines is 1. The molecule has 3 aromatic rings. The first-order valence-electron chi connectivity index (χ1n) is 13.4. The number of benzene rings is 1. The second-order valence-electron chi connectivity index (χ2n) is 12.3. The molecule has 0 spiro atoms. The summed E-state index contributed by atoms with van der Waals surface area (Å²) in [5.41, 5.74) is 6.70. The molecular formula is C30H36F2N4O3Si. The van der Waals surface area contributed by atoms with Crippen LogP contribution in [0.4, 0.5) is 14.6 Å². The zero-order valence-corrected chi connectivity index (χ0v) is 25.2. The highest BCUT2D eigenvalue weighted by Crippen LogP contribution is 2.33. The Morgan fingerprint density at radius 3 is 2.60 bits per heavy atom. The van der Waals surface area contributed by atoms with E-state index in [0.29, 0.717) is 35.6 Å². The van der Waals surface area contributed by atoms with E-state index in [1.165, 1.54) is 0 Å². The molecule has 0 aliphatic carbocycles. The second kappa shape index (κ2) is 11.1. The van der Waals surface area contributed by atoms with Gasteiger partial charge in [-0.2, -0.15) is 4.98 Å². The Bertz CT molecular complexity index is 1460. The van der Waals surface area contributed by atoms with E-state index in [1.54, 1.807) is 17.2 Å². The number of nitrogens with zero attached hydrogens (tertiary/aromatic N) is 4. The predicted molar refractivity (Wildman–Crippen MR) is 154 cm³/mol. The van der Waals surface area contributed by atoms with Crippen molar-refractivity contribution in [3.05, 3.63) is 47.2 Å². The van der Waals surface area contributed by atoms with Crippen LogP contribution in [0.1, 0.15) is 50.3 Å². The third-order valence-corrected chi connectivity index (χ3v) is 7.03. The lowest BCUT2D eigenvalue weighted by molar-refractivity contribution is -0.154. The Hall–Kier alpha value is -3.58. The molecule has 212 valence electrons. The van der Waals surface area contributed by atoms with Crippen LogP contribution in [-0.4, -0.2) is 53.8 Å². The number of hydrogen-bond donors (Lipinski definition) is 0. The Labute approximate surface area is 235 Å². The summed E-state index contributed by atoms with van der Waals surface area (Å²) in [6, 6.07) is 7.64. The van der Waals surface area contributed by atoms with E-state index < -0.39 is 19.6 Å². The summed E-state index contributed by atoms with van der Waals surface area (Å²) in [5, 5.41) is 4.17. The summed E-state index contributed by atoms with van der Waals surface area (Å²) in [7, 11) is -1.73. The monoisotopic (exact) mass is 566 g/mol. The fraction of sp³-hybridized carbons (Fsp3) is 0.467. The lowest BCUT2D eigenvalue weighted by Crippen LogP contribution is -2.26. The Kier molecular flexibility index (Phi) is 8.17. The zero-order chi connectivity index (χ0) is 29.3. The van der Waals surface area contributed by atoms with Crippen molar-refractivity contribution in [2.24, 2.45) is 0 Å². The minimum atomic E-state index is -2.74. The van der Waals surface area contributed by atoms with E-state index in [0.717, 1.165) is 16.7 Å². The van der Waals surface area contributed by atoms with Gasteiger partial charge in [-0.05, 0) is 51.3 Å². The van der Waals surface area contributed by atoms with E-state index in [2.05, 4.69) is 46.2 Å². The number of rotatable bonds is 6. The first-order chi connectivity index (χ1) is 18.6. The van der Waals surface area contributed by atoms with Gasteiger partial charge in [0.15, 0.2) is 0 Å². The molecule has 0 saturated carbocycles. The second-order valence-corrected chi connectivity index (χ2v) is 17.0. The first-order valence-corrected chi connectivity index (χ1v) is 16.9. The number of ether oxygens (including phenoxy) is 1. The van der Waals surface area contributed by atoms with Crippen molar-refractivity contribution in [2.45, 2.75) is 78.1 Å². The van der Waals surface area contributed by atoms with Gasteiger partial charge in [0.1, 0.15) is 19.5 Å². The molecule has 40 heavy (non-hydrogen) atoms. The summed E-state index contributed by atoms with van der Waals surface area (Å²) in [5.74, 6) is 1.36. The van der Waals surface area contributed by atoms with Gasteiger partial charge in [0.25, 0.3) is 11.8 Å². The van der Waals surface area contributed by atoms with Crippen molar-refractivity contribution < 1.29 is 22.8 Å². The van der Waals surface area contributed by atoms with E-state index in [4.69, 9.17) is 9.26 Å². The third-order valence-electron chi connectivity index (χ3n) is 6.15. The maximum atomic E-state index is 13.9. The minimum Gasteiger partial charge on any atom is -0.460 e. The topological polar surface area (TPSA) is 81.3 Å². The molecule has 1 aliphatic heterocycles. The van der Waals surface area contributed by atoms with Gasteiger partial charge in [-0.1, -0.05) is 48.9 Å². The Balaban J connectivity index is 1.56.